The Bertz CT molecular complexity index is 1860. The maximum atomic E-state index is 15.4. The van der Waals surface area contributed by atoms with E-state index < -0.39 is 80.4 Å². The lowest BCUT2D eigenvalue weighted by Crippen LogP contribution is -2.49. The molecule has 0 aromatic heterocycles. The predicted octanol–water partition coefficient (Wildman–Crippen LogP) is 4.56. The number of amides is 3. The predicted molar refractivity (Wildman–Crippen MR) is 174 cm³/mol. The Morgan fingerprint density at radius 1 is 1.02 bits per heavy atom. The number of ether oxygens (including phenoxy) is 2. The summed E-state index contributed by atoms with van der Waals surface area (Å²) in [4.78, 5) is 63.5. The number of nitro groups is 1. The lowest BCUT2D eigenvalue weighted by Gasteiger charge is -2.32. The molecule has 0 saturated carbocycles. The smallest absolute Gasteiger partial charge is 0.338 e. The zero-order valence-corrected chi connectivity index (χ0v) is 27.9. The van der Waals surface area contributed by atoms with Crippen molar-refractivity contribution in [2.45, 2.75) is 61.9 Å². The fraction of sp³-hybridized carbons (Fsp3) is 0.333. The van der Waals surface area contributed by atoms with E-state index in [1.54, 1.807) is 27.7 Å². The highest BCUT2D eigenvalue weighted by atomic mass is 32.2. The highest BCUT2D eigenvalue weighted by Gasteiger charge is 2.54. The number of nitrogens with one attached hydrogen (secondary N) is 2. The number of anilines is 1. The van der Waals surface area contributed by atoms with Gasteiger partial charge in [0.05, 0.1) is 39.8 Å². The summed E-state index contributed by atoms with van der Waals surface area (Å²) in [5.41, 5.74) is -1.26. The summed E-state index contributed by atoms with van der Waals surface area (Å²) >= 11 is 0. The third kappa shape index (κ3) is 8.56. The molecule has 2 N–H and O–H groups in total. The van der Waals surface area contributed by atoms with Crippen LogP contribution in [0.4, 0.5) is 20.6 Å². The molecule has 3 unspecified atom stereocenters. The van der Waals surface area contributed by atoms with Gasteiger partial charge in [0.25, 0.3) is 5.69 Å². The number of sulfone groups is 1. The number of carbonyl (C=O) groups excluding carboxylic acids is 4. The van der Waals surface area contributed by atoms with Crippen molar-refractivity contribution in [2.24, 2.45) is 0 Å². The number of halogens is 1. The summed E-state index contributed by atoms with van der Waals surface area (Å²) in [6.07, 6.45) is -0.508. The maximum Gasteiger partial charge on any atom is 0.338 e. The zero-order chi connectivity index (χ0) is 36.1. The Morgan fingerprint density at radius 2 is 1.69 bits per heavy atom. The van der Waals surface area contributed by atoms with E-state index >= 15 is 4.39 Å². The number of carbonyl (C=O) groups is 4. The van der Waals surface area contributed by atoms with Crippen molar-refractivity contribution in [3.63, 3.8) is 0 Å². The van der Waals surface area contributed by atoms with Crippen molar-refractivity contribution < 1.29 is 46.4 Å². The van der Waals surface area contributed by atoms with Crippen LogP contribution in [0.3, 0.4) is 0 Å². The lowest BCUT2D eigenvalue weighted by atomic mass is 10.0. The minimum atomic E-state index is -4.49. The fourth-order valence-corrected chi connectivity index (χ4v) is 7.32. The summed E-state index contributed by atoms with van der Waals surface area (Å²) in [5.74, 6) is -3.35. The molecule has 260 valence electrons. The number of urea groups is 1. The molecule has 1 saturated heterocycles. The first-order chi connectivity index (χ1) is 23.0. The Balaban J connectivity index is 1.69. The van der Waals surface area contributed by atoms with Crippen molar-refractivity contribution in [3.8, 4) is 0 Å². The van der Waals surface area contributed by atoms with Crippen molar-refractivity contribution >= 4 is 45.1 Å². The number of esters is 2. The van der Waals surface area contributed by atoms with Crippen LogP contribution in [-0.2, 0) is 28.9 Å². The van der Waals surface area contributed by atoms with Crippen molar-refractivity contribution in [2.75, 3.05) is 18.5 Å². The van der Waals surface area contributed by atoms with Crippen LogP contribution in [0.15, 0.2) is 77.7 Å². The summed E-state index contributed by atoms with van der Waals surface area (Å²) in [7, 11) is -4.49. The summed E-state index contributed by atoms with van der Waals surface area (Å²) in [5, 5.41) is 14.4. The average molecular weight is 699 g/mol. The van der Waals surface area contributed by atoms with Crippen LogP contribution in [0.5, 0.6) is 0 Å². The summed E-state index contributed by atoms with van der Waals surface area (Å²) < 4.78 is 54.2. The molecule has 0 radical (unpaired) electrons. The molecule has 3 atom stereocenters. The van der Waals surface area contributed by atoms with E-state index in [2.05, 4.69) is 10.6 Å². The van der Waals surface area contributed by atoms with E-state index in [4.69, 9.17) is 9.47 Å². The van der Waals surface area contributed by atoms with Crippen molar-refractivity contribution in [1.29, 1.82) is 0 Å². The zero-order valence-electron chi connectivity index (χ0n) is 27.0. The number of rotatable bonds is 10. The SMILES string of the molecule is CCOC(=O)c1cccc(NC(=O)NCC(=O)N2C(C(=O)OC(C)(C)C)CC(S(=O)(=O)c3ccc([N+](=O)[O-])cc3)C2c2ccccc2F)c1. The molecular weight excluding hydrogens is 663 g/mol. The second-order valence-corrected chi connectivity index (χ2v) is 14.2. The largest absolute Gasteiger partial charge is 0.462 e. The average Bonchev–Trinajstić information content (AvgIpc) is 3.45. The molecule has 4 rings (SSSR count). The van der Waals surface area contributed by atoms with Gasteiger partial charge in [-0.2, -0.15) is 0 Å². The van der Waals surface area contributed by atoms with Gasteiger partial charge in [0.2, 0.25) is 5.91 Å². The van der Waals surface area contributed by atoms with Gasteiger partial charge in [-0.05, 0) is 70.5 Å². The van der Waals surface area contributed by atoms with Crippen LogP contribution in [0, 0.1) is 15.9 Å². The minimum absolute atomic E-state index is 0.143. The van der Waals surface area contributed by atoms with Gasteiger partial charge in [0, 0.05) is 23.4 Å². The molecule has 1 fully saturated rings. The highest BCUT2D eigenvalue weighted by molar-refractivity contribution is 7.92. The molecule has 1 aliphatic rings. The summed E-state index contributed by atoms with van der Waals surface area (Å²) in [6.45, 7) is 5.76. The van der Waals surface area contributed by atoms with E-state index in [1.165, 1.54) is 42.5 Å². The highest BCUT2D eigenvalue weighted by Crippen LogP contribution is 2.44. The third-order valence-corrected chi connectivity index (χ3v) is 9.62. The van der Waals surface area contributed by atoms with E-state index in [1.807, 2.05) is 0 Å². The number of nitro benzene ring substituents is 1. The van der Waals surface area contributed by atoms with Gasteiger partial charge < -0.3 is 25.0 Å². The topological polar surface area (TPSA) is 191 Å². The second-order valence-electron chi connectivity index (χ2n) is 12.0. The molecule has 0 aliphatic carbocycles. The molecule has 49 heavy (non-hydrogen) atoms. The number of non-ortho nitro benzene ring substituents is 1. The Labute approximate surface area is 281 Å². The van der Waals surface area contributed by atoms with Gasteiger partial charge in [-0.1, -0.05) is 24.3 Å². The van der Waals surface area contributed by atoms with Crippen LogP contribution >= 0.6 is 0 Å². The molecule has 3 aromatic rings. The van der Waals surface area contributed by atoms with E-state index in [0.717, 1.165) is 35.2 Å². The Morgan fingerprint density at radius 3 is 2.31 bits per heavy atom. The lowest BCUT2D eigenvalue weighted by molar-refractivity contribution is -0.384. The molecule has 1 aliphatic heterocycles. The van der Waals surface area contributed by atoms with Crippen LogP contribution in [0.2, 0.25) is 0 Å². The second kappa shape index (κ2) is 14.8. The third-order valence-electron chi connectivity index (χ3n) is 7.44. The van der Waals surface area contributed by atoms with Gasteiger partial charge in [-0.3, -0.25) is 14.9 Å². The number of hydrogen-bond acceptors (Lipinski definition) is 10. The molecule has 0 spiro atoms. The first kappa shape index (κ1) is 36.5. The number of nitrogens with zero attached hydrogens (tertiary/aromatic N) is 2. The van der Waals surface area contributed by atoms with Crippen LogP contribution < -0.4 is 10.6 Å². The van der Waals surface area contributed by atoms with Gasteiger partial charge in [-0.15, -0.1) is 0 Å². The maximum absolute atomic E-state index is 15.4. The standard InChI is InChI=1S/C33H35FN4O10S/c1-5-47-30(40)20-9-8-10-21(17-20)36-32(42)35-19-28(39)37-26(31(41)48-33(2,3)4)18-27(29(37)24-11-6-7-12-25(24)34)49(45,46)23-15-13-22(14-16-23)38(43)44/h6-17,26-27,29H,5,18-19H2,1-4H3,(H2,35,36,42). The Hall–Kier alpha value is -5.38. The molecule has 0 bridgehead atoms. The van der Waals surface area contributed by atoms with Crippen LogP contribution in [0.1, 0.15) is 56.1 Å². The van der Waals surface area contributed by atoms with Crippen molar-refractivity contribution in [1.82, 2.24) is 10.2 Å². The van der Waals surface area contributed by atoms with Crippen LogP contribution in [-0.4, -0.2) is 72.2 Å². The minimum Gasteiger partial charge on any atom is -0.462 e. The van der Waals surface area contributed by atoms with Gasteiger partial charge in [-0.25, -0.2) is 27.2 Å². The van der Waals surface area contributed by atoms with Gasteiger partial charge >= 0.3 is 18.0 Å². The van der Waals surface area contributed by atoms with E-state index in [9.17, 15) is 37.7 Å². The van der Waals surface area contributed by atoms with Crippen molar-refractivity contribution in [3.05, 3.63) is 99.9 Å². The number of hydrogen-bond donors (Lipinski definition) is 2. The molecule has 14 nitrogen and oxygen atoms in total. The van der Waals surface area contributed by atoms with Gasteiger partial charge in [0.15, 0.2) is 9.84 Å². The van der Waals surface area contributed by atoms with E-state index in [-0.39, 0.29) is 34.0 Å². The molecule has 16 heteroatoms. The van der Waals surface area contributed by atoms with Crippen LogP contribution in [0.25, 0.3) is 0 Å². The number of benzene rings is 3. The Kier molecular flexibility index (Phi) is 11.0. The quantitative estimate of drug-likeness (QED) is 0.172. The monoisotopic (exact) mass is 698 g/mol. The fourth-order valence-electron chi connectivity index (χ4n) is 5.40. The number of likely N-dealkylation sites (tertiary alicyclic amines) is 1. The normalized spacial score (nSPS) is 17.6. The summed E-state index contributed by atoms with van der Waals surface area (Å²) in [6, 6.07) is 11.1. The molecule has 3 aromatic carbocycles. The molecule has 1 heterocycles. The van der Waals surface area contributed by atoms with E-state index in [0.29, 0.717) is 0 Å². The van der Waals surface area contributed by atoms with Gasteiger partial charge in [0.1, 0.15) is 17.5 Å². The first-order valence-corrected chi connectivity index (χ1v) is 16.7. The molecular formula is C33H35FN4O10S. The molecule has 3 amide bonds. The first-order valence-electron chi connectivity index (χ1n) is 15.1.